The summed E-state index contributed by atoms with van der Waals surface area (Å²) < 4.78 is 10.5. The van der Waals surface area contributed by atoms with Gasteiger partial charge in [0.1, 0.15) is 12.4 Å². The molecular formula is C22H18O4. The summed E-state index contributed by atoms with van der Waals surface area (Å²) in [4.78, 5) is 23.2. The minimum atomic E-state index is -0.471. The van der Waals surface area contributed by atoms with Crippen LogP contribution in [-0.4, -0.2) is 26.0 Å². The van der Waals surface area contributed by atoms with Crippen LogP contribution < -0.4 is 4.74 Å². The van der Waals surface area contributed by atoms with Gasteiger partial charge in [0.15, 0.2) is 6.29 Å². The van der Waals surface area contributed by atoms with Crippen LogP contribution in [0.3, 0.4) is 0 Å². The van der Waals surface area contributed by atoms with Gasteiger partial charge in [-0.3, -0.25) is 4.79 Å². The van der Waals surface area contributed by atoms with Crippen molar-refractivity contribution in [3.63, 3.8) is 0 Å². The summed E-state index contributed by atoms with van der Waals surface area (Å²) in [5, 5.41) is 2.21. The summed E-state index contributed by atoms with van der Waals surface area (Å²) in [6.45, 7) is 0.00432. The number of benzene rings is 3. The first-order chi connectivity index (χ1) is 12.7. The monoisotopic (exact) mass is 346 g/mol. The van der Waals surface area contributed by atoms with Crippen molar-refractivity contribution in [3.05, 3.63) is 83.4 Å². The van der Waals surface area contributed by atoms with E-state index >= 15 is 0 Å². The molecule has 0 aliphatic rings. The molecule has 0 aliphatic heterocycles. The van der Waals surface area contributed by atoms with Gasteiger partial charge in [0.05, 0.1) is 18.2 Å². The minimum absolute atomic E-state index is 0.00432. The molecule has 0 fully saturated rings. The molecule has 0 heterocycles. The quantitative estimate of drug-likeness (QED) is 0.380. The third-order valence-corrected chi connectivity index (χ3v) is 3.99. The molecule has 0 unspecified atom stereocenters. The number of rotatable bonds is 6. The highest BCUT2D eigenvalue weighted by molar-refractivity contribution is 5.95. The van der Waals surface area contributed by atoms with Crippen LogP contribution in [0, 0.1) is 0 Å². The molecule has 3 rings (SSSR count). The Morgan fingerprint density at radius 3 is 2.46 bits per heavy atom. The molecule has 0 aliphatic carbocycles. The molecule has 0 atom stereocenters. The summed E-state index contributed by atoms with van der Waals surface area (Å²) in [5.41, 5.74) is 1.67. The fourth-order valence-electron chi connectivity index (χ4n) is 2.65. The van der Waals surface area contributed by atoms with E-state index in [1.54, 1.807) is 30.3 Å². The van der Waals surface area contributed by atoms with E-state index in [2.05, 4.69) is 0 Å². The predicted molar refractivity (Wildman–Crippen MR) is 101 cm³/mol. The average Bonchev–Trinajstić information content (AvgIpc) is 2.70. The van der Waals surface area contributed by atoms with Crippen LogP contribution in [0.15, 0.2) is 72.3 Å². The highest BCUT2D eigenvalue weighted by atomic mass is 16.5. The standard InChI is InChI=1S/C22H18O4/c1-25-22(24)20(15-26-21-9-5-4-8-19(21)14-23)13-16-10-11-17-6-2-3-7-18(17)12-16/h2-14H,15H2,1H3/b20-13-. The van der Waals surface area contributed by atoms with Gasteiger partial charge in [-0.25, -0.2) is 4.79 Å². The number of esters is 1. The highest BCUT2D eigenvalue weighted by Crippen LogP contribution is 2.20. The van der Waals surface area contributed by atoms with Crippen molar-refractivity contribution >= 4 is 29.1 Å². The van der Waals surface area contributed by atoms with Crippen molar-refractivity contribution in [2.75, 3.05) is 13.7 Å². The summed E-state index contributed by atoms with van der Waals surface area (Å²) in [7, 11) is 1.33. The zero-order chi connectivity index (χ0) is 18.4. The Morgan fingerprint density at radius 1 is 0.962 bits per heavy atom. The molecule has 0 bridgehead atoms. The molecule has 4 nitrogen and oxygen atoms in total. The van der Waals surface area contributed by atoms with Gasteiger partial charge in [0.25, 0.3) is 0 Å². The third-order valence-electron chi connectivity index (χ3n) is 3.99. The molecule has 3 aromatic carbocycles. The summed E-state index contributed by atoms with van der Waals surface area (Å²) in [5.74, 6) is -0.0439. The molecule has 0 saturated carbocycles. The Labute approximate surface area is 151 Å². The van der Waals surface area contributed by atoms with Gasteiger partial charge in [-0.2, -0.15) is 0 Å². The predicted octanol–water partition coefficient (Wildman–Crippen LogP) is 4.29. The van der Waals surface area contributed by atoms with Gasteiger partial charge in [0.2, 0.25) is 0 Å². The van der Waals surface area contributed by atoms with E-state index in [9.17, 15) is 9.59 Å². The van der Waals surface area contributed by atoms with Crippen molar-refractivity contribution < 1.29 is 19.1 Å². The smallest absolute Gasteiger partial charge is 0.337 e. The van der Waals surface area contributed by atoms with Crippen LogP contribution >= 0.6 is 0 Å². The topological polar surface area (TPSA) is 52.6 Å². The molecule has 3 aromatic rings. The number of hydrogen-bond acceptors (Lipinski definition) is 4. The molecule has 0 amide bonds. The van der Waals surface area contributed by atoms with E-state index in [4.69, 9.17) is 9.47 Å². The molecule has 0 saturated heterocycles. The molecular weight excluding hydrogens is 328 g/mol. The Morgan fingerprint density at radius 2 is 1.69 bits per heavy atom. The van der Waals surface area contributed by atoms with E-state index < -0.39 is 5.97 Å². The van der Waals surface area contributed by atoms with Crippen molar-refractivity contribution in [2.24, 2.45) is 0 Å². The van der Waals surface area contributed by atoms with Gasteiger partial charge >= 0.3 is 5.97 Å². The number of fused-ring (bicyclic) bond motifs is 1. The van der Waals surface area contributed by atoms with Gasteiger partial charge in [-0.1, -0.05) is 48.5 Å². The molecule has 130 valence electrons. The maximum atomic E-state index is 12.1. The number of aldehydes is 1. The second-order valence-electron chi connectivity index (χ2n) is 5.71. The Balaban J connectivity index is 1.88. The molecule has 4 heteroatoms. The van der Waals surface area contributed by atoms with E-state index in [-0.39, 0.29) is 6.61 Å². The van der Waals surface area contributed by atoms with Crippen molar-refractivity contribution in [1.82, 2.24) is 0 Å². The van der Waals surface area contributed by atoms with Gasteiger partial charge in [0, 0.05) is 0 Å². The maximum absolute atomic E-state index is 12.1. The van der Waals surface area contributed by atoms with Crippen LogP contribution in [0.25, 0.3) is 16.8 Å². The molecule has 0 N–H and O–H groups in total. The van der Waals surface area contributed by atoms with Crippen LogP contribution in [0.2, 0.25) is 0 Å². The lowest BCUT2D eigenvalue weighted by Gasteiger charge is -2.10. The molecule has 0 spiro atoms. The van der Waals surface area contributed by atoms with E-state index in [1.807, 2.05) is 42.5 Å². The first-order valence-electron chi connectivity index (χ1n) is 8.16. The Bertz CT molecular complexity index is 973. The van der Waals surface area contributed by atoms with Crippen LogP contribution in [0.1, 0.15) is 15.9 Å². The van der Waals surface area contributed by atoms with Gasteiger partial charge in [-0.15, -0.1) is 0 Å². The number of carbonyl (C=O) groups is 2. The number of methoxy groups -OCH3 is 1. The van der Waals surface area contributed by atoms with Crippen molar-refractivity contribution in [1.29, 1.82) is 0 Å². The number of para-hydroxylation sites is 1. The molecule has 0 radical (unpaired) electrons. The summed E-state index contributed by atoms with van der Waals surface area (Å²) >= 11 is 0. The summed E-state index contributed by atoms with van der Waals surface area (Å²) in [6.07, 6.45) is 2.46. The van der Waals surface area contributed by atoms with Crippen LogP contribution in [0.5, 0.6) is 5.75 Å². The Hall–Kier alpha value is -3.40. The number of ether oxygens (including phenoxy) is 2. The van der Waals surface area contributed by atoms with E-state index in [0.29, 0.717) is 16.9 Å². The largest absolute Gasteiger partial charge is 0.488 e. The number of carbonyl (C=O) groups excluding carboxylic acids is 2. The Kier molecular flexibility index (Phi) is 5.44. The SMILES string of the molecule is COC(=O)/C(=C\c1ccc2ccccc2c1)COc1ccccc1C=O. The zero-order valence-electron chi connectivity index (χ0n) is 14.3. The molecule has 26 heavy (non-hydrogen) atoms. The molecule has 0 aromatic heterocycles. The zero-order valence-corrected chi connectivity index (χ0v) is 14.3. The lowest BCUT2D eigenvalue weighted by atomic mass is 10.1. The fraction of sp³-hybridized carbons (Fsp3) is 0.0909. The van der Waals surface area contributed by atoms with Gasteiger partial charge in [-0.05, 0) is 40.6 Å². The first kappa shape index (κ1) is 17.4. The third kappa shape index (κ3) is 3.98. The minimum Gasteiger partial charge on any atom is -0.488 e. The van der Waals surface area contributed by atoms with Gasteiger partial charge < -0.3 is 9.47 Å². The van der Waals surface area contributed by atoms with Crippen molar-refractivity contribution in [3.8, 4) is 5.75 Å². The first-order valence-corrected chi connectivity index (χ1v) is 8.16. The maximum Gasteiger partial charge on any atom is 0.337 e. The summed E-state index contributed by atoms with van der Waals surface area (Å²) in [6, 6.07) is 20.8. The number of hydrogen-bond donors (Lipinski definition) is 0. The van der Waals surface area contributed by atoms with E-state index in [0.717, 1.165) is 22.6 Å². The highest BCUT2D eigenvalue weighted by Gasteiger charge is 2.12. The normalized spacial score (nSPS) is 11.2. The van der Waals surface area contributed by atoms with Crippen LogP contribution in [0.4, 0.5) is 0 Å². The van der Waals surface area contributed by atoms with E-state index in [1.165, 1.54) is 7.11 Å². The second-order valence-corrected chi connectivity index (χ2v) is 5.71. The average molecular weight is 346 g/mol. The van der Waals surface area contributed by atoms with Crippen LogP contribution in [-0.2, 0) is 9.53 Å². The lowest BCUT2D eigenvalue weighted by molar-refractivity contribution is -0.136. The lowest BCUT2D eigenvalue weighted by Crippen LogP contribution is -2.13. The van der Waals surface area contributed by atoms with Crippen molar-refractivity contribution in [2.45, 2.75) is 0 Å². The fourth-order valence-corrected chi connectivity index (χ4v) is 2.65. The second kappa shape index (κ2) is 8.12.